The molecule has 2 aromatic rings. The zero-order chi connectivity index (χ0) is 19.5. The number of anilines is 2. The van der Waals surface area contributed by atoms with E-state index in [9.17, 15) is 9.59 Å². The SMILES string of the molecule is O=C(NCc1ccnc(N2CCCC2)n1)C1CC(=O)N(c2cccc(Br)c2)C1. The van der Waals surface area contributed by atoms with Crippen molar-refractivity contribution >= 4 is 39.4 Å². The number of carbonyl (C=O) groups is 2. The van der Waals surface area contributed by atoms with Crippen LogP contribution in [0.1, 0.15) is 25.0 Å². The predicted octanol–water partition coefficient (Wildman–Crippen LogP) is 2.51. The van der Waals surface area contributed by atoms with Crippen molar-refractivity contribution in [2.75, 3.05) is 29.4 Å². The number of rotatable bonds is 5. The Morgan fingerprint density at radius 1 is 1.25 bits per heavy atom. The summed E-state index contributed by atoms with van der Waals surface area (Å²) in [6.07, 6.45) is 4.28. The van der Waals surface area contributed by atoms with Gasteiger partial charge in [0.05, 0.1) is 18.2 Å². The van der Waals surface area contributed by atoms with Crippen LogP contribution in [0.2, 0.25) is 0 Å². The second-order valence-electron chi connectivity index (χ2n) is 7.15. The summed E-state index contributed by atoms with van der Waals surface area (Å²) < 4.78 is 0.906. The molecule has 0 radical (unpaired) electrons. The fraction of sp³-hybridized carbons (Fsp3) is 0.400. The molecule has 1 atom stereocenters. The van der Waals surface area contributed by atoms with Crippen LogP contribution >= 0.6 is 15.9 Å². The van der Waals surface area contributed by atoms with E-state index in [2.05, 4.69) is 36.1 Å². The first-order valence-corrected chi connectivity index (χ1v) is 10.3. The second kappa shape index (κ2) is 8.26. The summed E-state index contributed by atoms with van der Waals surface area (Å²) in [4.78, 5) is 37.7. The van der Waals surface area contributed by atoms with Gasteiger partial charge in [0.25, 0.3) is 0 Å². The normalized spacial score (nSPS) is 19.3. The Morgan fingerprint density at radius 3 is 2.86 bits per heavy atom. The first-order chi connectivity index (χ1) is 13.6. The molecule has 8 heteroatoms. The van der Waals surface area contributed by atoms with Gasteiger partial charge in [-0.15, -0.1) is 0 Å². The number of benzene rings is 1. The fourth-order valence-corrected chi connectivity index (χ4v) is 4.04. The maximum absolute atomic E-state index is 12.6. The first-order valence-electron chi connectivity index (χ1n) is 9.50. The van der Waals surface area contributed by atoms with E-state index in [0.717, 1.165) is 47.7 Å². The van der Waals surface area contributed by atoms with Gasteiger partial charge in [-0.25, -0.2) is 9.97 Å². The molecule has 1 unspecified atom stereocenters. The summed E-state index contributed by atoms with van der Waals surface area (Å²) in [6.45, 7) is 2.69. The van der Waals surface area contributed by atoms with E-state index in [4.69, 9.17) is 0 Å². The minimum Gasteiger partial charge on any atom is -0.350 e. The van der Waals surface area contributed by atoms with Gasteiger partial charge in [-0.1, -0.05) is 22.0 Å². The molecule has 7 nitrogen and oxygen atoms in total. The number of halogens is 1. The Balaban J connectivity index is 1.35. The quantitative estimate of drug-likeness (QED) is 0.767. The van der Waals surface area contributed by atoms with Crippen molar-refractivity contribution < 1.29 is 9.59 Å². The minimum atomic E-state index is -0.355. The zero-order valence-electron chi connectivity index (χ0n) is 15.5. The summed E-state index contributed by atoms with van der Waals surface area (Å²) in [5.74, 6) is 0.219. The summed E-state index contributed by atoms with van der Waals surface area (Å²) in [7, 11) is 0. The molecular weight excluding hydrogens is 422 g/mol. The van der Waals surface area contributed by atoms with E-state index >= 15 is 0 Å². The Bertz CT molecular complexity index is 884. The third-order valence-electron chi connectivity index (χ3n) is 5.15. The van der Waals surface area contributed by atoms with Gasteiger partial charge >= 0.3 is 0 Å². The van der Waals surface area contributed by atoms with Gasteiger partial charge in [0.15, 0.2) is 0 Å². The summed E-state index contributed by atoms with van der Waals surface area (Å²) in [6, 6.07) is 9.37. The highest BCUT2D eigenvalue weighted by atomic mass is 79.9. The van der Waals surface area contributed by atoms with Crippen LogP contribution in [-0.2, 0) is 16.1 Å². The molecule has 0 saturated carbocycles. The summed E-state index contributed by atoms with van der Waals surface area (Å²) in [5, 5.41) is 2.93. The van der Waals surface area contributed by atoms with Crippen LogP contribution in [0.5, 0.6) is 0 Å². The number of amides is 2. The molecule has 2 fully saturated rings. The average molecular weight is 444 g/mol. The lowest BCUT2D eigenvalue weighted by molar-refractivity contribution is -0.126. The van der Waals surface area contributed by atoms with Crippen LogP contribution in [0.25, 0.3) is 0 Å². The lowest BCUT2D eigenvalue weighted by atomic mass is 10.1. The van der Waals surface area contributed by atoms with E-state index in [1.807, 2.05) is 30.3 Å². The molecule has 1 aromatic heterocycles. The molecule has 1 aromatic carbocycles. The van der Waals surface area contributed by atoms with Crippen molar-refractivity contribution in [1.82, 2.24) is 15.3 Å². The third-order valence-corrected chi connectivity index (χ3v) is 5.64. The number of aromatic nitrogens is 2. The topological polar surface area (TPSA) is 78.4 Å². The van der Waals surface area contributed by atoms with Gasteiger partial charge < -0.3 is 15.1 Å². The van der Waals surface area contributed by atoms with Crippen LogP contribution in [0.4, 0.5) is 11.6 Å². The number of nitrogens with zero attached hydrogens (tertiary/aromatic N) is 4. The Morgan fingerprint density at radius 2 is 2.07 bits per heavy atom. The van der Waals surface area contributed by atoms with Gasteiger partial charge in [-0.05, 0) is 37.1 Å². The molecule has 0 aliphatic carbocycles. The molecule has 0 spiro atoms. The highest BCUT2D eigenvalue weighted by Crippen LogP contribution is 2.27. The van der Waals surface area contributed by atoms with Crippen LogP contribution < -0.4 is 15.1 Å². The van der Waals surface area contributed by atoms with Crippen molar-refractivity contribution in [3.63, 3.8) is 0 Å². The van der Waals surface area contributed by atoms with Gasteiger partial charge in [0.2, 0.25) is 17.8 Å². The zero-order valence-corrected chi connectivity index (χ0v) is 17.1. The maximum atomic E-state index is 12.6. The van der Waals surface area contributed by atoms with Gasteiger partial charge in [0.1, 0.15) is 0 Å². The van der Waals surface area contributed by atoms with E-state index in [1.165, 1.54) is 0 Å². The predicted molar refractivity (Wildman–Crippen MR) is 110 cm³/mol. The number of hydrogen-bond acceptors (Lipinski definition) is 5. The first kappa shape index (κ1) is 18.9. The number of carbonyl (C=O) groups excluding carboxylic acids is 2. The van der Waals surface area contributed by atoms with Crippen molar-refractivity contribution in [2.24, 2.45) is 5.92 Å². The van der Waals surface area contributed by atoms with Crippen molar-refractivity contribution in [1.29, 1.82) is 0 Å². The molecule has 0 bridgehead atoms. The monoisotopic (exact) mass is 443 g/mol. The minimum absolute atomic E-state index is 0.0309. The van der Waals surface area contributed by atoms with Crippen LogP contribution in [-0.4, -0.2) is 41.4 Å². The molecule has 2 aliphatic rings. The Kier molecular flexibility index (Phi) is 5.57. The Labute approximate surface area is 172 Å². The molecule has 1 N–H and O–H groups in total. The maximum Gasteiger partial charge on any atom is 0.227 e. The van der Waals surface area contributed by atoms with Crippen molar-refractivity contribution in [3.05, 3.63) is 46.7 Å². The number of nitrogens with one attached hydrogen (secondary N) is 1. The van der Waals surface area contributed by atoms with Crippen LogP contribution in [0.3, 0.4) is 0 Å². The standard InChI is InChI=1S/C20H22BrN5O2/c21-15-4-3-5-17(11-15)26-13-14(10-18(26)27)19(28)23-12-16-6-7-22-20(24-16)25-8-1-2-9-25/h3-7,11,14H,1-2,8-10,12-13H2,(H,23,28). The van der Waals surface area contributed by atoms with Crippen LogP contribution in [0, 0.1) is 5.92 Å². The van der Waals surface area contributed by atoms with Crippen molar-refractivity contribution in [2.45, 2.75) is 25.8 Å². The highest BCUT2D eigenvalue weighted by Gasteiger charge is 2.35. The number of hydrogen-bond donors (Lipinski definition) is 1. The smallest absolute Gasteiger partial charge is 0.227 e. The molecule has 2 saturated heterocycles. The highest BCUT2D eigenvalue weighted by molar-refractivity contribution is 9.10. The van der Waals surface area contributed by atoms with Crippen molar-refractivity contribution in [3.8, 4) is 0 Å². The largest absolute Gasteiger partial charge is 0.350 e. The van der Waals surface area contributed by atoms with Gasteiger partial charge in [-0.2, -0.15) is 0 Å². The van der Waals surface area contributed by atoms with Gasteiger partial charge in [-0.3, -0.25) is 9.59 Å². The average Bonchev–Trinajstić information content (AvgIpc) is 3.36. The van der Waals surface area contributed by atoms with Crippen LogP contribution in [0.15, 0.2) is 41.0 Å². The lowest BCUT2D eigenvalue weighted by Gasteiger charge is -2.17. The molecule has 146 valence electrons. The summed E-state index contributed by atoms with van der Waals surface area (Å²) in [5.41, 5.74) is 1.58. The molecular formula is C20H22BrN5O2. The molecule has 2 aliphatic heterocycles. The summed E-state index contributed by atoms with van der Waals surface area (Å²) >= 11 is 3.42. The third kappa shape index (κ3) is 4.16. The van der Waals surface area contributed by atoms with E-state index in [1.54, 1.807) is 11.1 Å². The Hall–Kier alpha value is -2.48. The molecule has 4 rings (SSSR count). The second-order valence-corrected chi connectivity index (χ2v) is 8.06. The van der Waals surface area contributed by atoms with E-state index in [0.29, 0.717) is 13.1 Å². The van der Waals surface area contributed by atoms with Gasteiger partial charge in [0, 0.05) is 42.4 Å². The van der Waals surface area contributed by atoms with E-state index in [-0.39, 0.29) is 24.2 Å². The lowest BCUT2D eigenvalue weighted by Crippen LogP contribution is -2.33. The molecule has 28 heavy (non-hydrogen) atoms. The van der Waals surface area contributed by atoms with E-state index < -0.39 is 0 Å². The fourth-order valence-electron chi connectivity index (χ4n) is 3.65. The molecule has 3 heterocycles. The molecule has 2 amide bonds.